The van der Waals surface area contributed by atoms with Crippen molar-refractivity contribution in [3.05, 3.63) is 40.2 Å². The topological polar surface area (TPSA) is 75.7 Å². The van der Waals surface area contributed by atoms with Crippen LogP contribution < -0.4 is 5.32 Å². The van der Waals surface area contributed by atoms with Crippen molar-refractivity contribution in [3.8, 4) is 0 Å². The van der Waals surface area contributed by atoms with Crippen molar-refractivity contribution in [3.63, 3.8) is 0 Å². The molecule has 0 amide bonds. The molecule has 2 aromatic heterocycles. The van der Waals surface area contributed by atoms with Gasteiger partial charge in [-0.15, -0.1) is 0 Å². The number of nitrogens with one attached hydrogen (secondary N) is 1. The van der Waals surface area contributed by atoms with Crippen molar-refractivity contribution in [2.45, 2.75) is 25.9 Å². The van der Waals surface area contributed by atoms with Gasteiger partial charge >= 0.3 is 5.82 Å². The largest absolute Gasteiger partial charge is 0.358 e. The van der Waals surface area contributed by atoms with Crippen LogP contribution in [-0.2, 0) is 6.54 Å². The Balaban J connectivity index is 2.00. The predicted octanol–water partition coefficient (Wildman–Crippen LogP) is 1.43. The van der Waals surface area contributed by atoms with E-state index in [4.69, 9.17) is 0 Å². The molecular weight excluding hydrogens is 270 g/mol. The Morgan fingerprint density at radius 1 is 1.48 bits per heavy atom. The quantitative estimate of drug-likeness (QED) is 0.683. The van der Waals surface area contributed by atoms with E-state index in [0.29, 0.717) is 17.9 Å². The third kappa shape index (κ3) is 2.50. The summed E-state index contributed by atoms with van der Waals surface area (Å²) in [5.74, 6) is 0.0694. The molecule has 0 saturated carbocycles. The van der Waals surface area contributed by atoms with Gasteiger partial charge in [0.05, 0.1) is 12.7 Å². The number of nitro groups is 1. The SMILES string of the molecule is CC1(C)CNCCN1Cc1nc2ccccn2c1[N+](=O)[O-]. The molecule has 1 saturated heterocycles. The van der Waals surface area contributed by atoms with Gasteiger partial charge in [0.1, 0.15) is 0 Å². The molecule has 1 fully saturated rings. The van der Waals surface area contributed by atoms with Gasteiger partial charge in [-0.25, -0.2) is 4.98 Å². The molecule has 21 heavy (non-hydrogen) atoms. The van der Waals surface area contributed by atoms with E-state index < -0.39 is 0 Å². The van der Waals surface area contributed by atoms with Gasteiger partial charge in [-0.2, -0.15) is 4.40 Å². The van der Waals surface area contributed by atoms with Crippen molar-refractivity contribution in [2.24, 2.45) is 0 Å². The van der Waals surface area contributed by atoms with E-state index in [2.05, 4.69) is 29.0 Å². The molecule has 0 spiro atoms. The van der Waals surface area contributed by atoms with E-state index in [1.54, 1.807) is 22.7 Å². The van der Waals surface area contributed by atoms with Crippen LogP contribution in [0, 0.1) is 10.1 Å². The number of piperazine rings is 1. The molecule has 1 aliphatic rings. The van der Waals surface area contributed by atoms with Crippen molar-refractivity contribution in [1.29, 1.82) is 0 Å². The Morgan fingerprint density at radius 3 is 3.00 bits per heavy atom. The lowest BCUT2D eigenvalue weighted by Crippen LogP contribution is -2.57. The summed E-state index contributed by atoms with van der Waals surface area (Å²) in [6.07, 6.45) is 1.69. The highest BCUT2D eigenvalue weighted by Crippen LogP contribution is 2.25. The lowest BCUT2D eigenvalue weighted by molar-refractivity contribution is -0.391. The number of fused-ring (bicyclic) bond motifs is 1. The van der Waals surface area contributed by atoms with Crippen LogP contribution in [0.4, 0.5) is 5.82 Å². The fourth-order valence-electron chi connectivity index (χ4n) is 2.83. The lowest BCUT2D eigenvalue weighted by Gasteiger charge is -2.42. The van der Waals surface area contributed by atoms with Gasteiger partial charge in [-0.3, -0.25) is 4.90 Å². The van der Waals surface area contributed by atoms with Crippen LogP contribution in [0.2, 0.25) is 0 Å². The summed E-state index contributed by atoms with van der Waals surface area (Å²) in [5.41, 5.74) is 1.11. The number of nitrogens with zero attached hydrogens (tertiary/aromatic N) is 4. The van der Waals surface area contributed by atoms with Crippen LogP contribution in [0.5, 0.6) is 0 Å². The second kappa shape index (κ2) is 5.09. The minimum absolute atomic E-state index is 0.0398. The Labute approximate surface area is 122 Å². The summed E-state index contributed by atoms with van der Waals surface area (Å²) < 4.78 is 1.55. The first-order valence-corrected chi connectivity index (χ1v) is 7.05. The molecule has 0 aliphatic carbocycles. The van der Waals surface area contributed by atoms with E-state index in [-0.39, 0.29) is 16.3 Å². The zero-order valence-corrected chi connectivity index (χ0v) is 12.2. The fourth-order valence-corrected chi connectivity index (χ4v) is 2.83. The number of hydrogen-bond acceptors (Lipinski definition) is 5. The standard InChI is InChI=1S/C14H19N5O2/c1-14(2)10-15-6-8-17(14)9-11-13(19(20)21)18-7-4-3-5-12(18)16-11/h3-5,7,15H,6,8-10H2,1-2H3. The van der Waals surface area contributed by atoms with Crippen molar-refractivity contribution in [1.82, 2.24) is 19.6 Å². The van der Waals surface area contributed by atoms with Gasteiger partial charge in [-0.1, -0.05) is 6.07 Å². The first-order chi connectivity index (χ1) is 9.99. The zero-order valence-electron chi connectivity index (χ0n) is 12.2. The van der Waals surface area contributed by atoms with Gasteiger partial charge < -0.3 is 15.4 Å². The maximum Gasteiger partial charge on any atom is 0.352 e. The number of hydrogen-bond donors (Lipinski definition) is 1. The molecule has 7 heteroatoms. The van der Waals surface area contributed by atoms with E-state index in [1.165, 1.54) is 0 Å². The third-order valence-corrected chi connectivity index (χ3v) is 4.06. The number of aromatic nitrogens is 2. The summed E-state index contributed by atoms with van der Waals surface area (Å²) in [7, 11) is 0. The van der Waals surface area contributed by atoms with E-state index in [0.717, 1.165) is 19.6 Å². The summed E-state index contributed by atoms with van der Waals surface area (Å²) >= 11 is 0. The smallest absolute Gasteiger partial charge is 0.352 e. The van der Waals surface area contributed by atoms with Gasteiger partial charge in [0.25, 0.3) is 0 Å². The molecule has 0 aromatic carbocycles. The van der Waals surface area contributed by atoms with Gasteiger partial charge in [0.15, 0.2) is 5.69 Å². The monoisotopic (exact) mass is 289 g/mol. The first kappa shape index (κ1) is 14.0. The molecule has 0 atom stereocenters. The molecule has 2 aromatic rings. The Kier molecular flexibility index (Phi) is 3.38. The maximum absolute atomic E-state index is 11.4. The first-order valence-electron chi connectivity index (χ1n) is 7.05. The molecule has 1 aliphatic heterocycles. The lowest BCUT2D eigenvalue weighted by atomic mass is 10.00. The van der Waals surface area contributed by atoms with Crippen molar-refractivity contribution < 1.29 is 4.92 Å². The summed E-state index contributed by atoms with van der Waals surface area (Å²) in [4.78, 5) is 17.8. The Morgan fingerprint density at radius 2 is 2.29 bits per heavy atom. The highest BCUT2D eigenvalue weighted by Gasteiger charge is 2.32. The second-order valence-corrected chi connectivity index (χ2v) is 5.98. The van der Waals surface area contributed by atoms with Crippen LogP contribution in [0.1, 0.15) is 19.5 Å². The van der Waals surface area contributed by atoms with Crippen LogP contribution in [-0.4, -0.2) is 44.4 Å². The summed E-state index contributed by atoms with van der Waals surface area (Å²) in [6.45, 7) is 7.39. The highest BCUT2D eigenvalue weighted by molar-refractivity contribution is 5.49. The number of rotatable bonds is 3. The van der Waals surface area contributed by atoms with Crippen molar-refractivity contribution >= 4 is 11.5 Å². The van der Waals surface area contributed by atoms with Crippen molar-refractivity contribution in [2.75, 3.05) is 19.6 Å². The normalized spacial score (nSPS) is 19.0. The fraction of sp³-hybridized carbons (Fsp3) is 0.500. The van der Waals surface area contributed by atoms with E-state index in [1.807, 2.05) is 6.07 Å². The average molecular weight is 289 g/mol. The molecule has 7 nitrogen and oxygen atoms in total. The highest BCUT2D eigenvalue weighted by atomic mass is 16.6. The van der Waals surface area contributed by atoms with E-state index >= 15 is 0 Å². The molecular formula is C14H19N5O2. The molecule has 0 unspecified atom stereocenters. The Hall–Kier alpha value is -1.99. The van der Waals surface area contributed by atoms with Crippen LogP contribution in [0.3, 0.4) is 0 Å². The molecule has 0 radical (unpaired) electrons. The summed E-state index contributed by atoms with van der Waals surface area (Å²) in [5, 5.41) is 14.8. The molecule has 0 bridgehead atoms. The van der Waals surface area contributed by atoms with Gasteiger partial charge in [-0.05, 0) is 24.8 Å². The molecule has 1 N–H and O–H groups in total. The molecule has 112 valence electrons. The number of imidazole rings is 1. The van der Waals surface area contributed by atoms with E-state index in [9.17, 15) is 10.1 Å². The van der Waals surface area contributed by atoms with Crippen LogP contribution in [0.15, 0.2) is 24.4 Å². The maximum atomic E-state index is 11.4. The predicted molar refractivity (Wildman–Crippen MR) is 79.2 cm³/mol. The molecule has 3 heterocycles. The Bertz CT molecular complexity index is 679. The minimum Gasteiger partial charge on any atom is -0.358 e. The van der Waals surface area contributed by atoms with Gasteiger partial charge in [0, 0.05) is 31.2 Å². The van der Waals surface area contributed by atoms with Crippen LogP contribution in [0.25, 0.3) is 5.65 Å². The average Bonchev–Trinajstić information content (AvgIpc) is 2.79. The third-order valence-electron chi connectivity index (χ3n) is 4.06. The molecule has 3 rings (SSSR count). The van der Waals surface area contributed by atoms with Crippen LogP contribution >= 0.6 is 0 Å². The minimum atomic E-state index is -0.343. The summed E-state index contributed by atoms with van der Waals surface area (Å²) in [6, 6.07) is 5.41. The second-order valence-electron chi connectivity index (χ2n) is 5.98. The van der Waals surface area contributed by atoms with Gasteiger partial charge in [0.2, 0.25) is 5.65 Å². The number of pyridine rings is 1. The zero-order chi connectivity index (χ0) is 15.0.